The lowest BCUT2D eigenvalue weighted by Gasteiger charge is -2.00. The van der Waals surface area contributed by atoms with Crippen LogP contribution in [0.2, 0.25) is 5.02 Å². The summed E-state index contributed by atoms with van der Waals surface area (Å²) in [5, 5.41) is 0.693. The van der Waals surface area contributed by atoms with Gasteiger partial charge in [-0.2, -0.15) is 0 Å². The number of primary amides is 1. The number of carbonyl (C=O) groups excluding carboxylic acids is 1. The Morgan fingerprint density at radius 1 is 1.33 bits per heavy atom. The number of nitrogens with two attached hydrogens (primary N) is 1. The van der Waals surface area contributed by atoms with E-state index in [0.717, 1.165) is 11.1 Å². The molecular weight excluding hydrogens is 250 g/mol. The third-order valence-corrected chi connectivity index (χ3v) is 2.90. The summed E-state index contributed by atoms with van der Waals surface area (Å²) in [6.07, 6.45) is 2.78. The fraction of sp³-hybridized carbons (Fsp3) is 0.0714. The van der Waals surface area contributed by atoms with Gasteiger partial charge in [-0.3, -0.25) is 4.79 Å². The van der Waals surface area contributed by atoms with Crippen LogP contribution in [0.25, 0.3) is 17.4 Å². The molecule has 0 aliphatic rings. The molecule has 1 amide bonds. The Balaban J connectivity index is 2.29. The molecule has 2 rings (SSSR count). The first kappa shape index (κ1) is 12.5. The second kappa shape index (κ2) is 5.10. The monoisotopic (exact) mass is 261 g/mol. The van der Waals surface area contributed by atoms with Crippen molar-refractivity contribution in [3.63, 3.8) is 0 Å². The molecule has 1 aromatic carbocycles. The van der Waals surface area contributed by atoms with Gasteiger partial charge in [0.2, 0.25) is 5.91 Å². The largest absolute Gasteiger partial charge is 0.457 e. The van der Waals surface area contributed by atoms with Crippen molar-refractivity contribution in [2.45, 2.75) is 6.92 Å². The molecule has 0 saturated heterocycles. The number of aryl methyl sites for hydroxylation is 1. The summed E-state index contributed by atoms with van der Waals surface area (Å²) < 4.78 is 5.56. The summed E-state index contributed by atoms with van der Waals surface area (Å²) in [6, 6.07) is 9.29. The highest BCUT2D eigenvalue weighted by atomic mass is 35.5. The summed E-state index contributed by atoms with van der Waals surface area (Å²) in [5.74, 6) is 0.757. The molecular formula is C14H12ClNO2. The lowest BCUT2D eigenvalue weighted by atomic mass is 10.1. The van der Waals surface area contributed by atoms with Crippen LogP contribution >= 0.6 is 11.6 Å². The average Bonchev–Trinajstić information content (AvgIpc) is 2.79. The Kier molecular flexibility index (Phi) is 3.53. The fourth-order valence-electron chi connectivity index (χ4n) is 1.51. The maximum Gasteiger partial charge on any atom is 0.241 e. The van der Waals surface area contributed by atoms with E-state index in [-0.39, 0.29) is 0 Å². The molecule has 0 fully saturated rings. The van der Waals surface area contributed by atoms with Crippen LogP contribution in [-0.4, -0.2) is 5.91 Å². The van der Waals surface area contributed by atoms with Gasteiger partial charge in [-0.1, -0.05) is 23.7 Å². The Hall–Kier alpha value is -2.00. The smallest absolute Gasteiger partial charge is 0.241 e. The standard InChI is InChI=1S/C14H12ClNO2/c1-9-2-3-10(8-12(9)15)13-6-4-11(18-13)5-7-14(16)17/h2-8H,1H3,(H2,16,17)/b7-5+. The van der Waals surface area contributed by atoms with Crippen LogP contribution in [0.4, 0.5) is 0 Å². The van der Waals surface area contributed by atoms with E-state index < -0.39 is 5.91 Å². The van der Waals surface area contributed by atoms with Gasteiger partial charge in [0.05, 0.1) is 0 Å². The Bertz CT molecular complexity index is 614. The van der Waals surface area contributed by atoms with E-state index in [0.29, 0.717) is 16.5 Å². The van der Waals surface area contributed by atoms with Gasteiger partial charge in [0.15, 0.2) is 0 Å². The Morgan fingerprint density at radius 2 is 2.11 bits per heavy atom. The number of furan rings is 1. The summed E-state index contributed by atoms with van der Waals surface area (Å²) >= 11 is 6.06. The number of amides is 1. The molecule has 92 valence electrons. The number of benzene rings is 1. The molecule has 18 heavy (non-hydrogen) atoms. The highest BCUT2D eigenvalue weighted by Gasteiger charge is 2.05. The van der Waals surface area contributed by atoms with Crippen LogP contribution in [0.5, 0.6) is 0 Å². The highest BCUT2D eigenvalue weighted by molar-refractivity contribution is 6.31. The third-order valence-electron chi connectivity index (χ3n) is 2.49. The van der Waals surface area contributed by atoms with Gasteiger partial charge in [0, 0.05) is 16.7 Å². The molecule has 0 atom stereocenters. The molecule has 0 bridgehead atoms. The summed E-state index contributed by atoms with van der Waals surface area (Å²) in [4.78, 5) is 10.6. The fourth-order valence-corrected chi connectivity index (χ4v) is 1.69. The molecule has 0 unspecified atom stereocenters. The number of hydrogen-bond donors (Lipinski definition) is 1. The molecule has 0 spiro atoms. The lowest BCUT2D eigenvalue weighted by molar-refractivity contribution is -0.113. The van der Waals surface area contributed by atoms with Crippen LogP contribution in [0.1, 0.15) is 11.3 Å². The first-order chi connectivity index (χ1) is 8.56. The zero-order valence-corrected chi connectivity index (χ0v) is 10.6. The van der Waals surface area contributed by atoms with E-state index in [1.165, 1.54) is 12.2 Å². The number of rotatable bonds is 3. The second-order valence-electron chi connectivity index (χ2n) is 3.90. The first-order valence-corrected chi connectivity index (χ1v) is 5.78. The van der Waals surface area contributed by atoms with Gasteiger partial charge in [0.25, 0.3) is 0 Å². The van der Waals surface area contributed by atoms with Gasteiger partial charge in [0.1, 0.15) is 11.5 Å². The molecule has 0 radical (unpaired) electrons. The zero-order valence-electron chi connectivity index (χ0n) is 9.81. The second-order valence-corrected chi connectivity index (χ2v) is 4.31. The van der Waals surface area contributed by atoms with Gasteiger partial charge in [-0.25, -0.2) is 0 Å². The van der Waals surface area contributed by atoms with Crippen LogP contribution in [0.3, 0.4) is 0 Å². The molecule has 0 aliphatic carbocycles. The third kappa shape index (κ3) is 2.81. The molecule has 0 saturated carbocycles. The van der Waals surface area contributed by atoms with Crippen molar-refractivity contribution in [3.05, 3.63) is 52.8 Å². The van der Waals surface area contributed by atoms with E-state index in [2.05, 4.69) is 0 Å². The summed E-state index contributed by atoms with van der Waals surface area (Å²) in [6.45, 7) is 1.94. The van der Waals surface area contributed by atoms with Crippen molar-refractivity contribution >= 4 is 23.6 Å². The van der Waals surface area contributed by atoms with Crippen LogP contribution in [0, 0.1) is 6.92 Å². The van der Waals surface area contributed by atoms with E-state index in [9.17, 15) is 4.79 Å². The predicted octanol–water partition coefficient (Wildman–Crippen LogP) is 3.41. The SMILES string of the molecule is Cc1ccc(-c2ccc(/C=C/C(N)=O)o2)cc1Cl. The summed E-state index contributed by atoms with van der Waals surface area (Å²) in [7, 11) is 0. The zero-order chi connectivity index (χ0) is 13.1. The van der Waals surface area contributed by atoms with Crippen LogP contribution in [-0.2, 0) is 4.79 Å². The number of hydrogen-bond acceptors (Lipinski definition) is 2. The molecule has 3 nitrogen and oxygen atoms in total. The molecule has 1 aromatic heterocycles. The molecule has 2 aromatic rings. The van der Waals surface area contributed by atoms with Gasteiger partial charge >= 0.3 is 0 Å². The van der Waals surface area contributed by atoms with Crippen molar-refractivity contribution in [2.75, 3.05) is 0 Å². The molecule has 2 N–H and O–H groups in total. The maximum atomic E-state index is 10.6. The quantitative estimate of drug-likeness (QED) is 0.861. The predicted molar refractivity (Wildman–Crippen MR) is 72.1 cm³/mol. The topological polar surface area (TPSA) is 56.2 Å². The normalized spacial score (nSPS) is 11.0. The van der Waals surface area contributed by atoms with Crippen molar-refractivity contribution in [3.8, 4) is 11.3 Å². The minimum atomic E-state index is -0.508. The van der Waals surface area contributed by atoms with Crippen LogP contribution < -0.4 is 5.73 Å². The maximum absolute atomic E-state index is 10.6. The lowest BCUT2D eigenvalue weighted by Crippen LogP contribution is -2.04. The minimum absolute atomic E-state index is 0.508. The van der Waals surface area contributed by atoms with Gasteiger partial charge in [-0.15, -0.1) is 0 Å². The van der Waals surface area contributed by atoms with Crippen molar-refractivity contribution in [1.82, 2.24) is 0 Å². The first-order valence-electron chi connectivity index (χ1n) is 5.40. The van der Waals surface area contributed by atoms with Crippen molar-refractivity contribution in [1.29, 1.82) is 0 Å². The summed E-state index contributed by atoms with van der Waals surface area (Å²) in [5.41, 5.74) is 6.92. The molecule has 0 aliphatic heterocycles. The Labute approximate surface area is 110 Å². The minimum Gasteiger partial charge on any atom is -0.457 e. The van der Waals surface area contributed by atoms with Crippen molar-refractivity contribution in [2.24, 2.45) is 5.73 Å². The molecule has 4 heteroatoms. The Morgan fingerprint density at radius 3 is 2.78 bits per heavy atom. The van der Waals surface area contributed by atoms with E-state index in [4.69, 9.17) is 21.8 Å². The van der Waals surface area contributed by atoms with Gasteiger partial charge < -0.3 is 10.2 Å². The molecule has 1 heterocycles. The number of carbonyl (C=O) groups is 1. The highest BCUT2D eigenvalue weighted by Crippen LogP contribution is 2.27. The van der Waals surface area contributed by atoms with E-state index in [1.807, 2.05) is 31.2 Å². The number of halogens is 1. The van der Waals surface area contributed by atoms with E-state index in [1.54, 1.807) is 6.07 Å². The van der Waals surface area contributed by atoms with E-state index >= 15 is 0 Å². The van der Waals surface area contributed by atoms with Crippen molar-refractivity contribution < 1.29 is 9.21 Å². The van der Waals surface area contributed by atoms with Gasteiger partial charge in [-0.05, 0) is 36.8 Å². The average molecular weight is 262 g/mol. The van der Waals surface area contributed by atoms with Crippen LogP contribution in [0.15, 0.2) is 40.8 Å².